The highest BCUT2D eigenvalue weighted by Crippen LogP contribution is 2.02. The second-order valence-electron chi connectivity index (χ2n) is 2.84. The molecule has 5 heteroatoms. The molecule has 1 atom stereocenters. The molecule has 0 bridgehead atoms. The van der Waals surface area contributed by atoms with E-state index in [4.69, 9.17) is 27.9 Å². The second kappa shape index (κ2) is 8.33. The van der Waals surface area contributed by atoms with Gasteiger partial charge in [-0.3, -0.25) is 9.69 Å². The Morgan fingerprint density at radius 1 is 1.36 bits per heavy atom. The smallest absolute Gasteiger partial charge is 0.323 e. The van der Waals surface area contributed by atoms with Crippen LogP contribution in [0.15, 0.2) is 0 Å². The first-order valence-electron chi connectivity index (χ1n) is 4.70. The number of ether oxygens (including phenoxy) is 1. The van der Waals surface area contributed by atoms with Crippen LogP contribution in [-0.4, -0.2) is 48.4 Å². The molecular weight excluding hydrogens is 225 g/mol. The Morgan fingerprint density at radius 3 is 2.21 bits per heavy atom. The highest BCUT2D eigenvalue weighted by Gasteiger charge is 2.21. The molecule has 0 aromatic rings. The van der Waals surface area contributed by atoms with Gasteiger partial charge in [0.05, 0.1) is 6.61 Å². The highest BCUT2D eigenvalue weighted by atomic mass is 35.5. The number of carbonyl (C=O) groups excluding carboxylic acids is 1. The summed E-state index contributed by atoms with van der Waals surface area (Å²) in [6.07, 6.45) is 0. The van der Waals surface area contributed by atoms with Gasteiger partial charge in [-0.1, -0.05) is 0 Å². The van der Waals surface area contributed by atoms with E-state index in [1.165, 1.54) is 0 Å². The van der Waals surface area contributed by atoms with Crippen molar-refractivity contribution in [3.63, 3.8) is 0 Å². The average Bonchev–Trinajstić information content (AvgIpc) is 2.17. The topological polar surface area (TPSA) is 29.5 Å². The summed E-state index contributed by atoms with van der Waals surface area (Å²) in [6, 6.07) is -0.271. The molecule has 14 heavy (non-hydrogen) atoms. The third kappa shape index (κ3) is 5.03. The van der Waals surface area contributed by atoms with Gasteiger partial charge in [0, 0.05) is 24.8 Å². The van der Waals surface area contributed by atoms with Crippen molar-refractivity contribution < 1.29 is 9.53 Å². The van der Waals surface area contributed by atoms with Crippen molar-refractivity contribution in [3.05, 3.63) is 0 Å². The second-order valence-corrected chi connectivity index (χ2v) is 3.60. The number of hydrogen-bond acceptors (Lipinski definition) is 3. The van der Waals surface area contributed by atoms with Crippen molar-refractivity contribution in [3.8, 4) is 0 Å². The van der Waals surface area contributed by atoms with E-state index in [1.807, 2.05) is 4.90 Å². The quantitative estimate of drug-likeness (QED) is 0.503. The van der Waals surface area contributed by atoms with Crippen molar-refractivity contribution in [2.75, 3.05) is 31.5 Å². The van der Waals surface area contributed by atoms with Crippen LogP contribution in [0.5, 0.6) is 0 Å². The molecule has 0 aliphatic carbocycles. The molecule has 0 aromatic carbocycles. The van der Waals surface area contributed by atoms with Gasteiger partial charge in [0.1, 0.15) is 6.04 Å². The number of nitrogens with zero attached hydrogens (tertiary/aromatic N) is 1. The van der Waals surface area contributed by atoms with Gasteiger partial charge in [-0.05, 0) is 13.8 Å². The molecule has 1 unspecified atom stereocenters. The zero-order valence-corrected chi connectivity index (χ0v) is 10.1. The van der Waals surface area contributed by atoms with Crippen LogP contribution in [-0.2, 0) is 9.53 Å². The molecule has 0 aliphatic heterocycles. The minimum atomic E-state index is -0.271. The standard InChI is InChI=1S/C9H17Cl2NO2/c1-3-14-9(13)8(2)12(6-4-10)7-5-11/h8H,3-7H2,1-2H3. The molecule has 0 amide bonds. The average molecular weight is 242 g/mol. The van der Waals surface area contributed by atoms with Crippen molar-refractivity contribution in [1.29, 1.82) is 0 Å². The first-order chi connectivity index (χ1) is 6.67. The Kier molecular flexibility index (Phi) is 8.34. The molecule has 3 nitrogen and oxygen atoms in total. The Labute approximate surface area is 95.3 Å². The number of esters is 1. The van der Waals surface area contributed by atoms with Crippen LogP contribution in [0.1, 0.15) is 13.8 Å². The van der Waals surface area contributed by atoms with E-state index in [2.05, 4.69) is 0 Å². The largest absolute Gasteiger partial charge is 0.465 e. The zero-order chi connectivity index (χ0) is 11.0. The van der Waals surface area contributed by atoms with Gasteiger partial charge in [0.2, 0.25) is 0 Å². The Hall–Kier alpha value is 0.01000. The molecule has 0 aliphatic rings. The first-order valence-corrected chi connectivity index (χ1v) is 5.76. The lowest BCUT2D eigenvalue weighted by Crippen LogP contribution is -2.42. The number of rotatable bonds is 7. The van der Waals surface area contributed by atoms with Crippen LogP contribution in [0, 0.1) is 0 Å². The van der Waals surface area contributed by atoms with Gasteiger partial charge in [-0.2, -0.15) is 0 Å². The lowest BCUT2D eigenvalue weighted by atomic mass is 10.3. The van der Waals surface area contributed by atoms with Crippen LogP contribution < -0.4 is 0 Å². The number of alkyl halides is 2. The predicted octanol–water partition coefficient (Wildman–Crippen LogP) is 1.72. The lowest BCUT2D eigenvalue weighted by molar-refractivity contribution is -0.148. The fourth-order valence-electron chi connectivity index (χ4n) is 1.13. The van der Waals surface area contributed by atoms with Gasteiger partial charge < -0.3 is 4.74 Å². The van der Waals surface area contributed by atoms with Crippen LogP contribution in [0.25, 0.3) is 0 Å². The molecule has 0 saturated carbocycles. The SMILES string of the molecule is CCOC(=O)C(C)N(CCCl)CCCl. The highest BCUT2D eigenvalue weighted by molar-refractivity contribution is 6.18. The van der Waals surface area contributed by atoms with E-state index in [-0.39, 0.29) is 12.0 Å². The first kappa shape index (κ1) is 14.0. The van der Waals surface area contributed by atoms with Crippen LogP contribution in [0.3, 0.4) is 0 Å². The van der Waals surface area contributed by atoms with E-state index in [1.54, 1.807) is 13.8 Å². The predicted molar refractivity (Wildman–Crippen MR) is 59.1 cm³/mol. The summed E-state index contributed by atoms with van der Waals surface area (Å²) in [5.41, 5.74) is 0. The summed E-state index contributed by atoms with van der Waals surface area (Å²) in [6.45, 7) is 5.29. The van der Waals surface area contributed by atoms with Crippen molar-refractivity contribution in [2.24, 2.45) is 0 Å². The van der Waals surface area contributed by atoms with E-state index in [0.29, 0.717) is 31.5 Å². The normalized spacial score (nSPS) is 12.9. The van der Waals surface area contributed by atoms with E-state index in [9.17, 15) is 4.79 Å². The minimum Gasteiger partial charge on any atom is -0.465 e. The third-order valence-electron chi connectivity index (χ3n) is 1.92. The summed E-state index contributed by atoms with van der Waals surface area (Å²) in [7, 11) is 0. The zero-order valence-electron chi connectivity index (χ0n) is 8.63. The van der Waals surface area contributed by atoms with E-state index >= 15 is 0 Å². The van der Waals surface area contributed by atoms with Crippen LogP contribution in [0.4, 0.5) is 0 Å². The number of halogens is 2. The van der Waals surface area contributed by atoms with Crippen molar-refractivity contribution in [2.45, 2.75) is 19.9 Å². The molecule has 0 saturated heterocycles. The maximum Gasteiger partial charge on any atom is 0.323 e. The lowest BCUT2D eigenvalue weighted by Gasteiger charge is -2.25. The maximum absolute atomic E-state index is 11.4. The molecule has 0 N–H and O–H groups in total. The van der Waals surface area contributed by atoms with E-state index < -0.39 is 0 Å². The van der Waals surface area contributed by atoms with Crippen LogP contribution in [0.2, 0.25) is 0 Å². The molecule has 0 aromatic heterocycles. The summed E-state index contributed by atoms with van der Waals surface area (Å²) in [5, 5.41) is 0. The number of hydrogen-bond donors (Lipinski definition) is 0. The maximum atomic E-state index is 11.4. The molecule has 0 radical (unpaired) electrons. The minimum absolute atomic E-state index is 0.220. The van der Waals surface area contributed by atoms with Gasteiger partial charge in [-0.15, -0.1) is 23.2 Å². The van der Waals surface area contributed by atoms with Gasteiger partial charge >= 0.3 is 5.97 Å². The fraction of sp³-hybridized carbons (Fsp3) is 0.889. The van der Waals surface area contributed by atoms with Gasteiger partial charge in [0.15, 0.2) is 0 Å². The molecule has 0 fully saturated rings. The molecular formula is C9H17Cl2NO2. The van der Waals surface area contributed by atoms with Crippen molar-refractivity contribution >= 4 is 29.2 Å². The summed E-state index contributed by atoms with van der Waals surface area (Å²) < 4.78 is 4.91. The van der Waals surface area contributed by atoms with Gasteiger partial charge in [-0.25, -0.2) is 0 Å². The molecule has 0 rings (SSSR count). The summed E-state index contributed by atoms with van der Waals surface area (Å²) >= 11 is 11.2. The number of carbonyl (C=O) groups is 1. The summed E-state index contributed by atoms with van der Waals surface area (Å²) in [4.78, 5) is 13.3. The summed E-state index contributed by atoms with van der Waals surface area (Å²) in [5.74, 6) is 0.754. The Morgan fingerprint density at radius 2 is 1.86 bits per heavy atom. The van der Waals surface area contributed by atoms with Crippen molar-refractivity contribution in [1.82, 2.24) is 4.90 Å². The monoisotopic (exact) mass is 241 g/mol. The molecule has 84 valence electrons. The molecule has 0 heterocycles. The van der Waals surface area contributed by atoms with Crippen LogP contribution >= 0.6 is 23.2 Å². The van der Waals surface area contributed by atoms with Gasteiger partial charge in [0.25, 0.3) is 0 Å². The fourth-order valence-corrected chi connectivity index (χ4v) is 1.56. The van der Waals surface area contributed by atoms with E-state index in [0.717, 1.165) is 0 Å². The Bertz CT molecular complexity index is 161. The Balaban J connectivity index is 4.11. The third-order valence-corrected chi connectivity index (χ3v) is 2.26. The molecule has 0 spiro atoms.